The molecule has 1 N–H and O–H groups in total. The molecule has 0 unspecified atom stereocenters. The highest BCUT2D eigenvalue weighted by Gasteiger charge is 2.13. The normalized spacial score (nSPS) is 11.6. The SMILES string of the molecule is [2H]c1c(O)cc2ccccc2c1-[n+]1ccoc1. The fourth-order valence-corrected chi connectivity index (χ4v) is 1.78. The largest absolute Gasteiger partial charge is 0.508 e. The average Bonchev–Trinajstić information content (AvgIpc) is 2.84. The summed E-state index contributed by atoms with van der Waals surface area (Å²) >= 11 is 0. The van der Waals surface area contributed by atoms with Crippen LogP contribution in [0.25, 0.3) is 16.5 Å². The lowest BCUT2D eigenvalue weighted by Gasteiger charge is -2.00. The topological polar surface area (TPSA) is 37.2 Å². The fraction of sp³-hybridized carbons (Fsp3) is 0. The van der Waals surface area contributed by atoms with Crippen molar-refractivity contribution in [3.05, 3.63) is 55.2 Å². The second kappa shape index (κ2) is 3.38. The molecule has 1 heterocycles. The van der Waals surface area contributed by atoms with Crippen molar-refractivity contribution in [1.29, 1.82) is 0 Å². The summed E-state index contributed by atoms with van der Waals surface area (Å²) in [5.74, 6) is -0.0348. The third-order valence-corrected chi connectivity index (χ3v) is 2.49. The van der Waals surface area contributed by atoms with Crippen LogP contribution in [0.2, 0.25) is 0 Å². The van der Waals surface area contributed by atoms with Gasteiger partial charge in [0.2, 0.25) is 11.9 Å². The maximum atomic E-state index is 9.77. The van der Waals surface area contributed by atoms with Gasteiger partial charge >= 0.3 is 6.39 Å². The van der Waals surface area contributed by atoms with Gasteiger partial charge < -0.3 is 9.52 Å². The van der Waals surface area contributed by atoms with E-state index in [1.165, 1.54) is 12.7 Å². The number of aromatic nitrogens is 1. The van der Waals surface area contributed by atoms with E-state index in [1.54, 1.807) is 16.8 Å². The van der Waals surface area contributed by atoms with E-state index < -0.39 is 0 Å². The van der Waals surface area contributed by atoms with Crippen LogP contribution in [0.5, 0.6) is 5.75 Å². The monoisotopic (exact) mass is 213 g/mol. The first-order chi connectivity index (χ1) is 8.27. The number of phenols is 1. The van der Waals surface area contributed by atoms with Gasteiger partial charge in [-0.3, -0.25) is 0 Å². The van der Waals surface area contributed by atoms with Crippen LogP contribution in [0.15, 0.2) is 59.6 Å². The zero-order valence-corrected chi connectivity index (χ0v) is 8.42. The molecule has 0 aliphatic carbocycles. The highest BCUT2D eigenvalue weighted by atomic mass is 16.3. The predicted molar refractivity (Wildman–Crippen MR) is 59.4 cm³/mol. The Bertz CT molecular complexity index is 677. The van der Waals surface area contributed by atoms with E-state index in [1.807, 2.05) is 24.3 Å². The fourth-order valence-electron chi connectivity index (χ4n) is 1.78. The Morgan fingerprint density at radius 2 is 2.19 bits per heavy atom. The Morgan fingerprint density at radius 3 is 3.00 bits per heavy atom. The molecule has 3 nitrogen and oxygen atoms in total. The van der Waals surface area contributed by atoms with Crippen molar-refractivity contribution < 1.29 is 15.5 Å². The Kier molecular flexibility index (Phi) is 1.68. The van der Waals surface area contributed by atoms with Gasteiger partial charge in [0.05, 0.1) is 12.8 Å². The lowest BCUT2D eigenvalue weighted by atomic mass is 10.1. The van der Waals surface area contributed by atoms with Crippen LogP contribution in [0.4, 0.5) is 0 Å². The lowest BCUT2D eigenvalue weighted by molar-refractivity contribution is -0.597. The van der Waals surface area contributed by atoms with Crippen molar-refractivity contribution in [2.24, 2.45) is 0 Å². The number of benzene rings is 2. The first-order valence-corrected chi connectivity index (χ1v) is 4.92. The van der Waals surface area contributed by atoms with E-state index in [-0.39, 0.29) is 11.8 Å². The third kappa shape index (κ3) is 1.34. The van der Waals surface area contributed by atoms with Gasteiger partial charge in [-0.25, -0.2) is 0 Å². The van der Waals surface area contributed by atoms with E-state index >= 15 is 0 Å². The Morgan fingerprint density at radius 1 is 1.31 bits per heavy atom. The summed E-state index contributed by atoms with van der Waals surface area (Å²) in [5, 5.41) is 11.6. The zero-order chi connectivity index (χ0) is 11.8. The molecule has 0 saturated carbocycles. The highest BCUT2D eigenvalue weighted by molar-refractivity contribution is 5.89. The molecule has 1 aromatic heterocycles. The smallest absolute Gasteiger partial charge is 0.340 e. The molecule has 0 atom stereocenters. The molecule has 0 spiro atoms. The number of hydrogen-bond acceptors (Lipinski definition) is 2. The number of rotatable bonds is 1. The minimum atomic E-state index is -0.0348. The number of hydrogen-bond donors (Lipinski definition) is 1. The van der Waals surface area contributed by atoms with E-state index in [9.17, 15) is 5.11 Å². The van der Waals surface area contributed by atoms with Gasteiger partial charge in [0.25, 0.3) is 0 Å². The second-order valence-electron chi connectivity index (χ2n) is 3.52. The molecule has 3 heteroatoms. The molecule has 3 rings (SSSR count). The van der Waals surface area contributed by atoms with Crippen LogP contribution in [-0.4, -0.2) is 5.11 Å². The van der Waals surface area contributed by atoms with Gasteiger partial charge in [-0.05, 0) is 17.5 Å². The standard InChI is InChI=1S/C13H9NO2/c15-11-7-10-3-1-2-4-12(10)13(8-11)14-5-6-16-9-14/h1-9H/p+1/i8D. The van der Waals surface area contributed by atoms with Gasteiger partial charge in [0.15, 0.2) is 6.26 Å². The van der Waals surface area contributed by atoms with Crippen LogP contribution >= 0.6 is 0 Å². The van der Waals surface area contributed by atoms with Crippen LogP contribution in [-0.2, 0) is 0 Å². The minimum Gasteiger partial charge on any atom is -0.508 e. The first-order valence-electron chi connectivity index (χ1n) is 5.42. The van der Waals surface area contributed by atoms with Crippen LogP contribution in [0.3, 0.4) is 0 Å². The summed E-state index contributed by atoms with van der Waals surface area (Å²) < 4.78 is 14.6. The summed E-state index contributed by atoms with van der Waals surface area (Å²) in [4.78, 5) is 0. The van der Waals surface area contributed by atoms with Crippen molar-refractivity contribution in [3.8, 4) is 11.4 Å². The van der Waals surface area contributed by atoms with Gasteiger partial charge in [-0.1, -0.05) is 18.2 Å². The van der Waals surface area contributed by atoms with Gasteiger partial charge in [0, 0.05) is 0 Å². The van der Waals surface area contributed by atoms with E-state index in [0.717, 1.165) is 10.8 Å². The molecule has 0 fully saturated rings. The van der Waals surface area contributed by atoms with E-state index in [2.05, 4.69) is 0 Å². The molecule has 0 aliphatic rings. The van der Waals surface area contributed by atoms with Gasteiger partial charge in [0.1, 0.15) is 5.75 Å². The Balaban J connectivity index is 2.46. The molecule has 2 aromatic carbocycles. The average molecular weight is 213 g/mol. The van der Waals surface area contributed by atoms with Crippen LogP contribution in [0.1, 0.15) is 1.37 Å². The second-order valence-corrected chi connectivity index (χ2v) is 3.52. The van der Waals surface area contributed by atoms with Crippen molar-refractivity contribution in [2.45, 2.75) is 0 Å². The summed E-state index contributed by atoms with van der Waals surface area (Å²) in [6.45, 7) is 0. The Labute approximate surface area is 93.6 Å². The predicted octanol–water partition coefficient (Wildman–Crippen LogP) is 2.42. The minimum absolute atomic E-state index is 0.0348. The van der Waals surface area contributed by atoms with E-state index in [0.29, 0.717) is 5.69 Å². The third-order valence-electron chi connectivity index (χ3n) is 2.49. The van der Waals surface area contributed by atoms with Gasteiger partial charge in [-0.2, -0.15) is 0 Å². The summed E-state index contributed by atoms with van der Waals surface area (Å²) in [6, 6.07) is 9.32. The molecule has 0 aliphatic heterocycles. The summed E-state index contributed by atoms with van der Waals surface area (Å²) in [7, 11) is 0. The first kappa shape index (κ1) is 7.93. The molecule has 0 bridgehead atoms. The van der Waals surface area contributed by atoms with Crippen molar-refractivity contribution in [3.63, 3.8) is 0 Å². The molecule has 78 valence electrons. The van der Waals surface area contributed by atoms with Gasteiger partial charge in [-0.15, -0.1) is 4.57 Å². The number of aromatic hydroxyl groups is 1. The van der Waals surface area contributed by atoms with Crippen molar-refractivity contribution in [1.82, 2.24) is 0 Å². The Hall–Kier alpha value is -2.29. The highest BCUT2D eigenvalue weighted by Crippen LogP contribution is 2.24. The van der Waals surface area contributed by atoms with E-state index in [4.69, 9.17) is 5.79 Å². The van der Waals surface area contributed by atoms with Crippen molar-refractivity contribution in [2.75, 3.05) is 0 Å². The summed E-state index contributed by atoms with van der Waals surface area (Å²) in [6.07, 6.45) is 4.73. The maximum absolute atomic E-state index is 9.77. The number of fused-ring (bicyclic) bond motifs is 1. The molecule has 0 radical (unpaired) electrons. The molecule has 0 amide bonds. The molecular weight excluding hydrogens is 202 g/mol. The molecule has 16 heavy (non-hydrogen) atoms. The van der Waals surface area contributed by atoms with Crippen LogP contribution in [0, 0.1) is 0 Å². The zero-order valence-electron chi connectivity index (χ0n) is 9.42. The summed E-state index contributed by atoms with van der Waals surface area (Å²) in [5.41, 5.74) is 0.620. The quantitative estimate of drug-likeness (QED) is 0.630. The number of phenolic OH excluding ortho intramolecular Hbond substituents is 1. The maximum Gasteiger partial charge on any atom is 0.340 e. The number of nitrogens with zero attached hydrogens (tertiary/aromatic N) is 1. The molecular formula is C13H10NO2+. The van der Waals surface area contributed by atoms with Crippen LogP contribution < -0.4 is 4.57 Å². The molecule has 0 saturated heterocycles. The molecule has 3 aromatic rings. The lowest BCUT2D eigenvalue weighted by Crippen LogP contribution is -2.26. The number of oxazole rings is 1. The van der Waals surface area contributed by atoms with Crippen molar-refractivity contribution >= 4 is 10.8 Å².